The van der Waals surface area contributed by atoms with E-state index in [1.807, 2.05) is 50.2 Å². The summed E-state index contributed by atoms with van der Waals surface area (Å²) in [6, 6.07) is 15.2. The van der Waals surface area contributed by atoms with Crippen LogP contribution in [-0.2, 0) is 28.0 Å². The molecule has 32 heavy (non-hydrogen) atoms. The Morgan fingerprint density at radius 2 is 1.81 bits per heavy atom. The van der Waals surface area contributed by atoms with Crippen molar-refractivity contribution in [2.24, 2.45) is 16.7 Å². The van der Waals surface area contributed by atoms with E-state index in [2.05, 4.69) is 4.72 Å². The van der Waals surface area contributed by atoms with Gasteiger partial charge in [0.05, 0.1) is 12.9 Å². The highest BCUT2D eigenvalue weighted by molar-refractivity contribution is 7.89. The normalized spacial score (nSPS) is 24.0. The van der Waals surface area contributed by atoms with Crippen LogP contribution in [0.1, 0.15) is 44.2 Å². The smallest absolute Gasteiger partial charge is 0.212 e. The van der Waals surface area contributed by atoms with Gasteiger partial charge in [0, 0.05) is 18.4 Å². The number of Topliss-reactive ketones (excluding diaryl/α,β-unsaturated/α-hetero) is 1. The summed E-state index contributed by atoms with van der Waals surface area (Å²) in [5.74, 6) is 1.39. The number of fused-ring (bicyclic) bond motifs is 2. The Bertz CT molecular complexity index is 1100. The molecule has 6 nitrogen and oxygen atoms in total. The SMILES string of the molecule is COc1cc(CNS(=O)(=O)CC23CCC(CC2=O)C3(C)C)ccc1OCc1ccccc1. The summed E-state index contributed by atoms with van der Waals surface area (Å²) in [6.45, 7) is 4.64. The maximum Gasteiger partial charge on any atom is 0.212 e. The van der Waals surface area contributed by atoms with E-state index >= 15 is 0 Å². The van der Waals surface area contributed by atoms with Crippen molar-refractivity contribution in [3.63, 3.8) is 0 Å². The molecular weight excluding hydrogens is 426 g/mol. The third-order valence-corrected chi connectivity index (χ3v) is 8.99. The second-order valence-corrected chi connectivity index (χ2v) is 11.3. The van der Waals surface area contributed by atoms with Crippen LogP contribution in [-0.4, -0.2) is 27.1 Å². The second kappa shape index (κ2) is 8.52. The summed E-state index contributed by atoms with van der Waals surface area (Å²) in [4.78, 5) is 12.7. The highest BCUT2D eigenvalue weighted by Gasteiger charge is 2.65. The summed E-state index contributed by atoms with van der Waals surface area (Å²) < 4.78 is 39.9. The maximum absolute atomic E-state index is 12.9. The number of methoxy groups -OCH3 is 1. The number of hydrogen-bond donors (Lipinski definition) is 1. The molecule has 0 heterocycles. The molecule has 0 saturated heterocycles. The molecule has 2 unspecified atom stereocenters. The first-order chi connectivity index (χ1) is 15.2. The Morgan fingerprint density at radius 1 is 1.06 bits per heavy atom. The van der Waals surface area contributed by atoms with Crippen LogP contribution in [0.4, 0.5) is 0 Å². The average Bonchev–Trinajstić information content (AvgIpc) is 3.11. The lowest BCUT2D eigenvalue weighted by Crippen LogP contribution is -2.45. The lowest BCUT2D eigenvalue weighted by molar-refractivity contribution is -0.128. The maximum atomic E-state index is 12.9. The van der Waals surface area contributed by atoms with E-state index in [0.29, 0.717) is 30.9 Å². The summed E-state index contributed by atoms with van der Waals surface area (Å²) in [5, 5.41) is 0. The standard InChI is InChI=1S/C25H31NO5S/c1-24(2)20-11-12-25(24,23(27)14-20)17-32(28,29)26-15-19-9-10-21(22(13-19)30-3)31-16-18-7-5-4-6-8-18/h4-10,13,20,26H,11-12,14-17H2,1-3H3. The lowest BCUT2D eigenvalue weighted by atomic mass is 9.70. The molecule has 7 heteroatoms. The summed E-state index contributed by atoms with van der Waals surface area (Å²) in [6.07, 6.45) is 2.09. The number of carbonyl (C=O) groups excluding carboxylic acids is 1. The first-order valence-electron chi connectivity index (χ1n) is 11.0. The molecule has 2 saturated carbocycles. The van der Waals surface area contributed by atoms with Crippen molar-refractivity contribution in [3.05, 3.63) is 59.7 Å². The molecule has 172 valence electrons. The van der Waals surface area contributed by atoms with E-state index in [1.165, 1.54) is 0 Å². The average molecular weight is 458 g/mol. The van der Waals surface area contributed by atoms with Crippen LogP contribution in [0.2, 0.25) is 0 Å². The van der Waals surface area contributed by atoms with Gasteiger partial charge in [-0.2, -0.15) is 0 Å². The molecule has 2 atom stereocenters. The van der Waals surface area contributed by atoms with Crippen LogP contribution in [0.15, 0.2) is 48.5 Å². The minimum absolute atomic E-state index is 0.103. The van der Waals surface area contributed by atoms with E-state index in [4.69, 9.17) is 9.47 Å². The van der Waals surface area contributed by atoms with Crippen molar-refractivity contribution in [3.8, 4) is 11.5 Å². The van der Waals surface area contributed by atoms with Crippen LogP contribution in [0.25, 0.3) is 0 Å². The number of hydrogen-bond acceptors (Lipinski definition) is 5. The Labute approximate surface area is 190 Å². The van der Waals surface area contributed by atoms with E-state index in [-0.39, 0.29) is 29.4 Å². The van der Waals surface area contributed by atoms with Gasteiger partial charge in [0.1, 0.15) is 12.4 Å². The van der Waals surface area contributed by atoms with Crippen molar-refractivity contribution < 1.29 is 22.7 Å². The quantitative estimate of drug-likeness (QED) is 0.613. The van der Waals surface area contributed by atoms with E-state index in [0.717, 1.165) is 17.5 Å². The molecule has 2 bridgehead atoms. The first kappa shape index (κ1) is 22.8. The molecule has 0 spiro atoms. The molecule has 1 N–H and O–H groups in total. The predicted octanol–water partition coefficient (Wildman–Crippen LogP) is 4.09. The fourth-order valence-electron chi connectivity index (χ4n) is 5.35. The molecule has 0 aromatic heterocycles. The third-order valence-electron chi connectivity index (χ3n) is 7.54. The van der Waals surface area contributed by atoms with Gasteiger partial charge in [0.15, 0.2) is 11.5 Å². The van der Waals surface area contributed by atoms with Crippen LogP contribution >= 0.6 is 0 Å². The van der Waals surface area contributed by atoms with E-state index < -0.39 is 15.4 Å². The Morgan fingerprint density at radius 3 is 2.44 bits per heavy atom. The van der Waals surface area contributed by atoms with Gasteiger partial charge >= 0.3 is 0 Å². The third kappa shape index (κ3) is 4.16. The summed E-state index contributed by atoms with van der Waals surface area (Å²) in [5.41, 5.74) is 0.761. The lowest BCUT2D eigenvalue weighted by Gasteiger charge is -2.36. The molecule has 2 aromatic rings. The molecule has 2 aliphatic carbocycles. The molecule has 0 radical (unpaired) electrons. The van der Waals surface area contributed by atoms with Gasteiger partial charge in [-0.15, -0.1) is 0 Å². The minimum Gasteiger partial charge on any atom is -0.493 e. The fourth-order valence-corrected chi connectivity index (χ4v) is 7.17. The fraction of sp³-hybridized carbons (Fsp3) is 0.480. The molecule has 2 aliphatic rings. The Balaban J connectivity index is 1.41. The van der Waals surface area contributed by atoms with Crippen LogP contribution < -0.4 is 14.2 Å². The highest BCUT2D eigenvalue weighted by atomic mass is 32.2. The van der Waals surface area contributed by atoms with E-state index in [1.54, 1.807) is 19.2 Å². The summed E-state index contributed by atoms with van der Waals surface area (Å²) >= 11 is 0. The van der Waals surface area contributed by atoms with Crippen molar-refractivity contribution in [1.29, 1.82) is 0 Å². The van der Waals surface area contributed by atoms with Gasteiger partial charge in [0.2, 0.25) is 10.0 Å². The van der Waals surface area contributed by atoms with Gasteiger partial charge in [-0.05, 0) is 47.4 Å². The van der Waals surface area contributed by atoms with Gasteiger partial charge in [-0.3, -0.25) is 4.79 Å². The molecular formula is C25H31NO5S. The van der Waals surface area contributed by atoms with Gasteiger partial charge < -0.3 is 9.47 Å². The van der Waals surface area contributed by atoms with Gasteiger partial charge in [-0.1, -0.05) is 50.2 Å². The number of carbonyl (C=O) groups is 1. The monoisotopic (exact) mass is 457 g/mol. The molecule has 0 aliphatic heterocycles. The number of rotatable bonds is 9. The van der Waals surface area contributed by atoms with Gasteiger partial charge in [0.25, 0.3) is 0 Å². The number of sulfonamides is 1. The van der Waals surface area contributed by atoms with Crippen molar-refractivity contribution in [2.75, 3.05) is 12.9 Å². The molecule has 4 rings (SSSR count). The van der Waals surface area contributed by atoms with Crippen LogP contribution in [0, 0.1) is 16.7 Å². The van der Waals surface area contributed by atoms with Gasteiger partial charge in [-0.25, -0.2) is 13.1 Å². The topological polar surface area (TPSA) is 81.7 Å². The number of ether oxygens (including phenoxy) is 2. The second-order valence-electron chi connectivity index (χ2n) is 9.51. The molecule has 0 amide bonds. The molecule has 2 fully saturated rings. The Kier molecular flexibility index (Phi) is 6.07. The predicted molar refractivity (Wildman–Crippen MR) is 123 cm³/mol. The van der Waals surface area contributed by atoms with Crippen molar-refractivity contribution >= 4 is 15.8 Å². The van der Waals surface area contributed by atoms with Crippen LogP contribution in [0.3, 0.4) is 0 Å². The minimum atomic E-state index is -3.63. The van der Waals surface area contributed by atoms with Crippen molar-refractivity contribution in [2.45, 2.75) is 46.3 Å². The van der Waals surface area contributed by atoms with Crippen molar-refractivity contribution in [1.82, 2.24) is 4.72 Å². The van der Waals surface area contributed by atoms with E-state index in [9.17, 15) is 13.2 Å². The number of benzene rings is 2. The zero-order chi connectivity index (χ0) is 23.0. The zero-order valence-electron chi connectivity index (χ0n) is 18.9. The highest BCUT2D eigenvalue weighted by Crippen LogP contribution is 2.64. The number of ketones is 1. The number of nitrogens with one attached hydrogen (secondary N) is 1. The zero-order valence-corrected chi connectivity index (χ0v) is 19.7. The first-order valence-corrected chi connectivity index (χ1v) is 12.7. The molecule has 2 aromatic carbocycles. The van der Waals surface area contributed by atoms with Crippen LogP contribution in [0.5, 0.6) is 11.5 Å². The summed E-state index contributed by atoms with van der Waals surface area (Å²) in [7, 11) is -2.07. The largest absolute Gasteiger partial charge is 0.493 e. The Hall–Kier alpha value is -2.38.